The lowest BCUT2D eigenvalue weighted by molar-refractivity contribution is 0.174. The molecule has 0 aromatic heterocycles. The molecule has 1 N–H and O–H groups in total. The quantitative estimate of drug-likeness (QED) is 0.865. The molecule has 1 saturated heterocycles. The number of nitrogens with zero attached hydrogens (tertiary/aromatic N) is 1. The van der Waals surface area contributed by atoms with E-state index in [1.54, 1.807) is 0 Å². The number of aliphatic hydroxyl groups excluding tert-OH is 1. The van der Waals surface area contributed by atoms with Crippen LogP contribution in [0, 0.1) is 5.92 Å². The first-order chi connectivity index (χ1) is 8.22. The molecular formula is C15H23NO. The van der Waals surface area contributed by atoms with Gasteiger partial charge in [0.15, 0.2) is 0 Å². The van der Waals surface area contributed by atoms with Crippen molar-refractivity contribution in [2.45, 2.75) is 39.2 Å². The zero-order valence-electron chi connectivity index (χ0n) is 10.9. The smallest absolute Gasteiger partial charge is 0.0807 e. The highest BCUT2D eigenvalue weighted by atomic mass is 16.3. The van der Waals surface area contributed by atoms with Crippen LogP contribution >= 0.6 is 0 Å². The molecule has 2 heteroatoms. The normalized spacial score (nSPS) is 22.5. The van der Waals surface area contributed by atoms with Gasteiger partial charge in [-0.15, -0.1) is 0 Å². The van der Waals surface area contributed by atoms with Crippen LogP contribution in [-0.2, 0) is 0 Å². The van der Waals surface area contributed by atoms with Crippen LogP contribution in [0.1, 0.15) is 44.8 Å². The molecule has 1 unspecified atom stereocenters. The molecule has 1 aromatic rings. The van der Waals surface area contributed by atoms with Crippen molar-refractivity contribution in [2.75, 3.05) is 18.0 Å². The molecular weight excluding hydrogens is 210 g/mol. The van der Waals surface area contributed by atoms with Crippen molar-refractivity contribution in [3.8, 4) is 0 Å². The van der Waals surface area contributed by atoms with Crippen molar-refractivity contribution in [3.05, 3.63) is 29.8 Å². The number of aliphatic hydroxyl groups is 1. The molecule has 0 saturated carbocycles. The molecule has 2 rings (SSSR count). The van der Waals surface area contributed by atoms with E-state index >= 15 is 0 Å². The van der Waals surface area contributed by atoms with Gasteiger partial charge in [-0.2, -0.15) is 0 Å². The molecule has 1 aromatic carbocycles. The summed E-state index contributed by atoms with van der Waals surface area (Å²) in [7, 11) is 0. The Balaban J connectivity index is 2.24. The second-order valence-corrected chi connectivity index (χ2v) is 5.18. The van der Waals surface area contributed by atoms with Crippen LogP contribution in [0.2, 0.25) is 0 Å². The highest BCUT2D eigenvalue weighted by Gasteiger charge is 2.20. The number of benzene rings is 1. The maximum atomic E-state index is 10.1. The summed E-state index contributed by atoms with van der Waals surface area (Å²) in [6.07, 6.45) is 3.04. The predicted molar refractivity (Wildman–Crippen MR) is 72.3 cm³/mol. The van der Waals surface area contributed by atoms with Gasteiger partial charge in [0, 0.05) is 24.3 Å². The Hall–Kier alpha value is -1.02. The Bertz CT molecular complexity index is 364. The van der Waals surface area contributed by atoms with Gasteiger partial charge < -0.3 is 10.0 Å². The largest absolute Gasteiger partial charge is 0.388 e. The molecule has 0 aliphatic carbocycles. The fourth-order valence-corrected chi connectivity index (χ4v) is 2.69. The van der Waals surface area contributed by atoms with Gasteiger partial charge >= 0.3 is 0 Å². The summed E-state index contributed by atoms with van der Waals surface area (Å²) in [5.41, 5.74) is 2.32. The molecule has 0 amide bonds. The molecule has 1 aliphatic rings. The lowest BCUT2D eigenvalue weighted by Crippen LogP contribution is -2.35. The van der Waals surface area contributed by atoms with E-state index in [-0.39, 0.29) is 6.10 Å². The van der Waals surface area contributed by atoms with Crippen molar-refractivity contribution in [3.63, 3.8) is 0 Å². The summed E-state index contributed by atoms with van der Waals surface area (Å²) in [6, 6.07) is 8.29. The maximum Gasteiger partial charge on any atom is 0.0807 e. The highest BCUT2D eigenvalue weighted by molar-refractivity contribution is 5.55. The van der Waals surface area contributed by atoms with E-state index in [1.165, 1.54) is 18.5 Å². The molecule has 94 valence electrons. The van der Waals surface area contributed by atoms with Crippen LogP contribution in [0.15, 0.2) is 24.3 Å². The van der Waals surface area contributed by atoms with Gasteiger partial charge in [0.2, 0.25) is 0 Å². The lowest BCUT2D eigenvalue weighted by Gasteiger charge is -2.34. The first-order valence-electron chi connectivity index (χ1n) is 6.74. The van der Waals surface area contributed by atoms with Gasteiger partial charge in [-0.3, -0.25) is 0 Å². The van der Waals surface area contributed by atoms with Crippen molar-refractivity contribution < 1.29 is 5.11 Å². The zero-order valence-corrected chi connectivity index (χ0v) is 10.9. The summed E-state index contributed by atoms with van der Waals surface area (Å²) in [5.74, 6) is 0.760. The minimum Gasteiger partial charge on any atom is -0.388 e. The number of rotatable bonds is 3. The Kier molecular flexibility index (Phi) is 4.06. The van der Waals surface area contributed by atoms with E-state index in [2.05, 4.69) is 30.0 Å². The molecule has 0 bridgehead atoms. The molecule has 0 radical (unpaired) electrons. The highest BCUT2D eigenvalue weighted by Crippen LogP contribution is 2.31. The first-order valence-corrected chi connectivity index (χ1v) is 6.74. The summed E-state index contributed by atoms with van der Waals surface area (Å²) >= 11 is 0. The van der Waals surface area contributed by atoms with E-state index in [9.17, 15) is 5.11 Å². The van der Waals surface area contributed by atoms with Crippen molar-refractivity contribution in [2.24, 2.45) is 5.92 Å². The maximum absolute atomic E-state index is 10.1. The lowest BCUT2D eigenvalue weighted by atomic mass is 9.97. The minimum absolute atomic E-state index is 0.330. The average molecular weight is 233 g/mol. The van der Waals surface area contributed by atoms with E-state index in [4.69, 9.17) is 0 Å². The van der Waals surface area contributed by atoms with Crippen LogP contribution < -0.4 is 4.90 Å². The summed E-state index contributed by atoms with van der Waals surface area (Å²) in [4.78, 5) is 2.43. The van der Waals surface area contributed by atoms with E-state index < -0.39 is 0 Å². The molecule has 2 atom stereocenters. The molecule has 17 heavy (non-hydrogen) atoms. The third kappa shape index (κ3) is 2.81. The van der Waals surface area contributed by atoms with Crippen molar-refractivity contribution in [1.82, 2.24) is 0 Å². The van der Waals surface area contributed by atoms with Gasteiger partial charge in [0.05, 0.1) is 6.10 Å². The van der Waals surface area contributed by atoms with Crippen LogP contribution in [0.5, 0.6) is 0 Å². The molecule has 1 aliphatic heterocycles. The van der Waals surface area contributed by atoms with Crippen LogP contribution in [0.3, 0.4) is 0 Å². The van der Waals surface area contributed by atoms with E-state index in [1.807, 2.05) is 13.0 Å². The van der Waals surface area contributed by atoms with Gasteiger partial charge in [-0.1, -0.05) is 32.0 Å². The number of anilines is 1. The monoisotopic (exact) mass is 233 g/mol. The van der Waals surface area contributed by atoms with Gasteiger partial charge in [-0.05, 0) is 31.2 Å². The summed E-state index contributed by atoms with van der Waals surface area (Å²) < 4.78 is 0. The summed E-state index contributed by atoms with van der Waals surface area (Å²) in [5, 5.41) is 10.1. The van der Waals surface area contributed by atoms with Crippen molar-refractivity contribution >= 4 is 5.69 Å². The average Bonchev–Trinajstić information content (AvgIpc) is 2.38. The Labute approximate surface area is 104 Å². The second kappa shape index (κ2) is 5.54. The van der Waals surface area contributed by atoms with Gasteiger partial charge in [-0.25, -0.2) is 0 Å². The van der Waals surface area contributed by atoms with Crippen LogP contribution in [-0.4, -0.2) is 18.2 Å². The SMILES string of the molecule is CC[C@H](O)c1ccccc1N1CCCC(C)C1. The number of hydrogen-bond acceptors (Lipinski definition) is 2. The summed E-state index contributed by atoms with van der Waals surface area (Å²) in [6.45, 7) is 6.58. The molecule has 1 fully saturated rings. The number of para-hydroxylation sites is 1. The third-order valence-corrected chi connectivity index (χ3v) is 3.68. The second-order valence-electron chi connectivity index (χ2n) is 5.18. The van der Waals surface area contributed by atoms with Gasteiger partial charge in [0.25, 0.3) is 0 Å². The third-order valence-electron chi connectivity index (χ3n) is 3.68. The first kappa shape index (κ1) is 12.4. The van der Waals surface area contributed by atoms with Crippen LogP contribution in [0.25, 0.3) is 0 Å². The number of piperidine rings is 1. The Morgan fingerprint density at radius 1 is 1.41 bits per heavy atom. The minimum atomic E-state index is -0.330. The van der Waals surface area contributed by atoms with E-state index in [0.717, 1.165) is 31.0 Å². The molecule has 1 heterocycles. The fourth-order valence-electron chi connectivity index (χ4n) is 2.69. The number of hydrogen-bond donors (Lipinski definition) is 1. The Morgan fingerprint density at radius 3 is 2.88 bits per heavy atom. The van der Waals surface area contributed by atoms with Crippen molar-refractivity contribution in [1.29, 1.82) is 0 Å². The fraction of sp³-hybridized carbons (Fsp3) is 0.600. The molecule has 2 nitrogen and oxygen atoms in total. The zero-order chi connectivity index (χ0) is 12.3. The topological polar surface area (TPSA) is 23.5 Å². The Morgan fingerprint density at radius 2 is 2.18 bits per heavy atom. The predicted octanol–water partition coefficient (Wildman–Crippen LogP) is 3.37. The van der Waals surface area contributed by atoms with Crippen LogP contribution in [0.4, 0.5) is 5.69 Å². The standard InChI is InChI=1S/C15H23NO/c1-3-15(17)13-8-4-5-9-14(13)16-10-6-7-12(2)11-16/h4-5,8-9,12,15,17H,3,6-7,10-11H2,1-2H3/t12?,15-/m0/s1. The molecule has 0 spiro atoms. The van der Waals surface area contributed by atoms with Gasteiger partial charge in [0.1, 0.15) is 0 Å². The van der Waals surface area contributed by atoms with E-state index in [0.29, 0.717) is 0 Å².